The third-order valence-electron chi connectivity index (χ3n) is 3.62. The van der Waals surface area contributed by atoms with E-state index in [-0.39, 0.29) is 0 Å². The van der Waals surface area contributed by atoms with Crippen LogP contribution in [-0.4, -0.2) is 25.8 Å². The first-order valence-corrected chi connectivity index (χ1v) is 6.77. The van der Waals surface area contributed by atoms with Crippen LogP contribution in [-0.2, 0) is 4.74 Å². The van der Waals surface area contributed by atoms with Gasteiger partial charge >= 0.3 is 0 Å². The average Bonchev–Trinajstić information content (AvgIpc) is 2.13. The number of hydrogen-bond acceptors (Lipinski definition) is 2. The molecule has 0 spiro atoms. The summed E-state index contributed by atoms with van der Waals surface area (Å²) < 4.78 is 6.22. The number of ether oxygens (including phenoxy) is 1. The molecule has 1 saturated carbocycles. The zero-order valence-electron chi connectivity index (χ0n) is 11.7. The van der Waals surface area contributed by atoms with Crippen LogP contribution in [0, 0.1) is 11.3 Å². The first kappa shape index (κ1) is 14.0. The smallest absolute Gasteiger partial charge is 0.0700 e. The van der Waals surface area contributed by atoms with Crippen LogP contribution in [0.2, 0.25) is 0 Å². The fourth-order valence-corrected chi connectivity index (χ4v) is 3.15. The molecule has 0 aromatic rings. The van der Waals surface area contributed by atoms with Crippen molar-refractivity contribution < 1.29 is 4.74 Å². The molecule has 3 unspecified atom stereocenters. The molecule has 0 aliphatic heterocycles. The second kappa shape index (κ2) is 6.02. The molecule has 1 fully saturated rings. The van der Waals surface area contributed by atoms with Gasteiger partial charge in [0.15, 0.2) is 0 Å². The molecule has 1 aliphatic carbocycles. The Morgan fingerprint density at radius 1 is 1.38 bits per heavy atom. The van der Waals surface area contributed by atoms with E-state index in [1.54, 1.807) is 0 Å². The molecule has 0 bridgehead atoms. The molecule has 0 saturated heterocycles. The van der Waals surface area contributed by atoms with Crippen LogP contribution >= 0.6 is 0 Å². The zero-order valence-corrected chi connectivity index (χ0v) is 11.7. The molecule has 0 amide bonds. The highest BCUT2D eigenvalue weighted by Gasteiger charge is 2.33. The summed E-state index contributed by atoms with van der Waals surface area (Å²) in [7, 11) is 2.00. The van der Waals surface area contributed by atoms with E-state index in [9.17, 15) is 0 Å². The Kier molecular flexibility index (Phi) is 5.26. The molecule has 16 heavy (non-hydrogen) atoms. The molecule has 2 nitrogen and oxygen atoms in total. The lowest BCUT2D eigenvalue weighted by Crippen LogP contribution is -2.37. The fourth-order valence-electron chi connectivity index (χ4n) is 3.15. The van der Waals surface area contributed by atoms with Crippen LogP contribution in [0.3, 0.4) is 0 Å². The summed E-state index contributed by atoms with van der Waals surface area (Å²) in [6.45, 7) is 10.3. The fraction of sp³-hybridized carbons (Fsp3) is 1.00. The molecular weight excluding hydrogens is 198 g/mol. The number of likely N-dealkylation sites (N-methyl/N-ethyl adjacent to an activating group) is 1. The molecule has 1 aliphatic rings. The van der Waals surface area contributed by atoms with E-state index in [1.807, 2.05) is 7.05 Å². The highest BCUT2D eigenvalue weighted by molar-refractivity contribution is 4.84. The topological polar surface area (TPSA) is 21.3 Å². The molecule has 0 radical (unpaired) electrons. The lowest BCUT2D eigenvalue weighted by atomic mass is 9.71. The van der Waals surface area contributed by atoms with Crippen molar-refractivity contribution in [3.8, 4) is 0 Å². The van der Waals surface area contributed by atoms with Crippen molar-refractivity contribution >= 4 is 0 Å². The standard InChI is InChI=1S/C14H29NO/c1-6-12(10-15-5)16-13-7-11(2)8-14(3,4)9-13/h11-13,15H,6-10H2,1-5H3. The minimum atomic E-state index is 0.385. The number of hydrogen-bond donors (Lipinski definition) is 1. The van der Waals surface area contributed by atoms with Gasteiger partial charge in [-0.25, -0.2) is 0 Å². The summed E-state index contributed by atoms with van der Waals surface area (Å²) in [6.07, 6.45) is 5.76. The van der Waals surface area contributed by atoms with E-state index < -0.39 is 0 Å². The molecule has 3 atom stereocenters. The second-order valence-electron chi connectivity index (χ2n) is 6.26. The van der Waals surface area contributed by atoms with Gasteiger partial charge in [0.05, 0.1) is 12.2 Å². The Hall–Kier alpha value is -0.0800. The normalized spacial score (nSPS) is 31.3. The van der Waals surface area contributed by atoms with Gasteiger partial charge in [-0.05, 0) is 44.1 Å². The van der Waals surface area contributed by atoms with Crippen LogP contribution in [0.4, 0.5) is 0 Å². The minimum Gasteiger partial charge on any atom is -0.374 e. The van der Waals surface area contributed by atoms with E-state index in [1.165, 1.54) is 19.3 Å². The Morgan fingerprint density at radius 3 is 2.56 bits per heavy atom. The van der Waals surface area contributed by atoms with Crippen molar-refractivity contribution in [1.29, 1.82) is 0 Å². The summed E-state index contributed by atoms with van der Waals surface area (Å²) in [6, 6.07) is 0. The number of rotatable bonds is 5. The van der Waals surface area contributed by atoms with Crippen molar-refractivity contribution in [1.82, 2.24) is 5.32 Å². The third kappa shape index (κ3) is 4.42. The maximum Gasteiger partial charge on any atom is 0.0700 e. The van der Waals surface area contributed by atoms with E-state index in [2.05, 4.69) is 33.0 Å². The minimum absolute atomic E-state index is 0.385. The Labute approximate surface area is 101 Å². The molecule has 96 valence electrons. The first-order valence-electron chi connectivity index (χ1n) is 6.77. The summed E-state index contributed by atoms with van der Waals surface area (Å²) >= 11 is 0. The van der Waals surface area contributed by atoms with Crippen molar-refractivity contribution in [2.75, 3.05) is 13.6 Å². The van der Waals surface area contributed by atoms with Gasteiger partial charge < -0.3 is 10.1 Å². The van der Waals surface area contributed by atoms with Gasteiger partial charge in [0.1, 0.15) is 0 Å². The van der Waals surface area contributed by atoms with Crippen LogP contribution in [0.5, 0.6) is 0 Å². The monoisotopic (exact) mass is 227 g/mol. The molecule has 0 aromatic carbocycles. The van der Waals surface area contributed by atoms with Crippen molar-refractivity contribution in [2.45, 2.75) is 65.6 Å². The van der Waals surface area contributed by atoms with E-state index in [0.29, 0.717) is 17.6 Å². The lowest BCUT2D eigenvalue weighted by molar-refractivity contribution is -0.0648. The highest BCUT2D eigenvalue weighted by atomic mass is 16.5. The van der Waals surface area contributed by atoms with Crippen molar-refractivity contribution in [3.05, 3.63) is 0 Å². The Bertz CT molecular complexity index is 203. The van der Waals surface area contributed by atoms with Crippen LogP contribution in [0.15, 0.2) is 0 Å². The average molecular weight is 227 g/mol. The lowest BCUT2D eigenvalue weighted by Gasteiger charge is -2.40. The molecule has 0 aromatic heterocycles. The number of nitrogens with one attached hydrogen (secondary N) is 1. The summed E-state index contributed by atoms with van der Waals surface area (Å²) in [5.41, 5.74) is 0.459. The van der Waals surface area contributed by atoms with Gasteiger partial charge in [-0.1, -0.05) is 27.7 Å². The maximum atomic E-state index is 6.22. The van der Waals surface area contributed by atoms with Gasteiger partial charge in [-0.3, -0.25) is 0 Å². The van der Waals surface area contributed by atoms with E-state index in [4.69, 9.17) is 4.74 Å². The molecule has 0 heterocycles. The maximum absolute atomic E-state index is 6.22. The quantitative estimate of drug-likeness (QED) is 0.778. The Balaban J connectivity index is 2.46. The molecular formula is C14H29NO. The second-order valence-corrected chi connectivity index (χ2v) is 6.26. The SMILES string of the molecule is CCC(CNC)OC1CC(C)CC(C)(C)C1. The molecule has 2 heteroatoms. The Morgan fingerprint density at radius 2 is 2.06 bits per heavy atom. The van der Waals surface area contributed by atoms with Crippen LogP contribution in [0.25, 0.3) is 0 Å². The summed E-state index contributed by atoms with van der Waals surface area (Å²) in [4.78, 5) is 0. The largest absolute Gasteiger partial charge is 0.374 e. The zero-order chi connectivity index (χ0) is 12.2. The van der Waals surface area contributed by atoms with Gasteiger partial charge in [0.25, 0.3) is 0 Å². The van der Waals surface area contributed by atoms with Gasteiger partial charge in [-0.2, -0.15) is 0 Å². The first-order chi connectivity index (χ1) is 7.46. The third-order valence-corrected chi connectivity index (χ3v) is 3.62. The van der Waals surface area contributed by atoms with Crippen LogP contribution < -0.4 is 5.32 Å². The summed E-state index contributed by atoms with van der Waals surface area (Å²) in [5.74, 6) is 0.806. The van der Waals surface area contributed by atoms with Crippen molar-refractivity contribution in [3.63, 3.8) is 0 Å². The van der Waals surface area contributed by atoms with E-state index in [0.717, 1.165) is 18.9 Å². The van der Waals surface area contributed by atoms with Crippen LogP contribution in [0.1, 0.15) is 53.4 Å². The van der Waals surface area contributed by atoms with Gasteiger partial charge in [0.2, 0.25) is 0 Å². The summed E-state index contributed by atoms with van der Waals surface area (Å²) in [5, 5.41) is 3.22. The van der Waals surface area contributed by atoms with E-state index >= 15 is 0 Å². The van der Waals surface area contributed by atoms with Gasteiger partial charge in [0, 0.05) is 6.54 Å². The molecule has 1 rings (SSSR count). The van der Waals surface area contributed by atoms with Crippen molar-refractivity contribution in [2.24, 2.45) is 11.3 Å². The highest BCUT2D eigenvalue weighted by Crippen LogP contribution is 2.40. The predicted octanol–water partition coefficient (Wildman–Crippen LogP) is 3.22. The van der Waals surface area contributed by atoms with Gasteiger partial charge in [-0.15, -0.1) is 0 Å². The predicted molar refractivity (Wildman–Crippen MR) is 69.7 cm³/mol. The molecule has 1 N–H and O–H groups in total.